The molecule has 1 saturated carbocycles. The fourth-order valence-electron chi connectivity index (χ4n) is 4.06. The van der Waals surface area contributed by atoms with E-state index in [1.807, 2.05) is 31.4 Å². The van der Waals surface area contributed by atoms with Gasteiger partial charge in [0.25, 0.3) is 0 Å². The molecule has 2 unspecified atom stereocenters. The second-order valence-corrected chi connectivity index (χ2v) is 8.30. The Morgan fingerprint density at radius 2 is 2.04 bits per heavy atom. The molecule has 5 heteroatoms. The van der Waals surface area contributed by atoms with E-state index in [9.17, 15) is 9.90 Å². The lowest BCUT2D eigenvalue weighted by atomic mass is 9.82. The molecule has 4 rings (SSSR count). The van der Waals surface area contributed by atoms with E-state index in [0.29, 0.717) is 0 Å². The van der Waals surface area contributed by atoms with E-state index >= 15 is 0 Å². The van der Waals surface area contributed by atoms with Gasteiger partial charge in [-0.05, 0) is 69.3 Å². The van der Waals surface area contributed by atoms with E-state index in [0.717, 1.165) is 48.3 Å². The van der Waals surface area contributed by atoms with Crippen molar-refractivity contribution < 1.29 is 14.6 Å². The van der Waals surface area contributed by atoms with Crippen LogP contribution in [-0.2, 0) is 10.4 Å². The Hall–Kier alpha value is -1.85. The minimum Gasteiger partial charge on any atom is -0.490 e. The zero-order chi connectivity index (χ0) is 18.5. The van der Waals surface area contributed by atoms with Crippen LogP contribution in [0.1, 0.15) is 50.7 Å². The summed E-state index contributed by atoms with van der Waals surface area (Å²) in [4.78, 5) is 14.2. The van der Waals surface area contributed by atoms with Gasteiger partial charge in [-0.15, -0.1) is 0 Å². The molecule has 0 bridgehead atoms. The molecule has 26 heavy (non-hydrogen) atoms. The Balaban J connectivity index is 1.79. The lowest BCUT2D eigenvalue weighted by Crippen LogP contribution is -2.46. The zero-order valence-corrected chi connectivity index (χ0v) is 15.8. The summed E-state index contributed by atoms with van der Waals surface area (Å²) in [6.45, 7) is 4.43. The van der Waals surface area contributed by atoms with E-state index in [4.69, 9.17) is 4.74 Å². The summed E-state index contributed by atoms with van der Waals surface area (Å²) in [6.07, 6.45) is 6.58. The van der Waals surface area contributed by atoms with Crippen molar-refractivity contribution in [3.05, 3.63) is 35.5 Å². The van der Waals surface area contributed by atoms with Crippen molar-refractivity contribution in [2.45, 2.75) is 57.3 Å². The van der Waals surface area contributed by atoms with Gasteiger partial charge in [0.15, 0.2) is 0 Å². The van der Waals surface area contributed by atoms with Gasteiger partial charge in [0.05, 0.1) is 17.7 Å². The Labute approximate surface area is 155 Å². The number of likely N-dealkylation sites (N-methyl/N-ethyl adjacent to an activating group) is 1. The van der Waals surface area contributed by atoms with Crippen LogP contribution in [0.25, 0.3) is 5.57 Å². The first-order chi connectivity index (χ1) is 12.3. The molecule has 2 atom stereocenters. The molecule has 2 fully saturated rings. The van der Waals surface area contributed by atoms with Crippen LogP contribution in [0.2, 0.25) is 0 Å². The predicted octanol–water partition coefficient (Wildman–Crippen LogP) is 2.64. The molecule has 0 aromatic heterocycles. The van der Waals surface area contributed by atoms with Gasteiger partial charge in [-0.25, -0.2) is 0 Å². The molecule has 2 N–H and O–H groups in total. The average molecular weight is 356 g/mol. The number of rotatable bonds is 4. The number of aliphatic hydroxyl groups is 1. The Bertz CT molecular complexity index is 746. The van der Waals surface area contributed by atoms with E-state index in [2.05, 4.69) is 5.32 Å². The number of carbonyl (C=O) groups excluding carboxylic acids is 1. The molecule has 3 aliphatic rings. The molecule has 1 aromatic rings. The second-order valence-electron chi connectivity index (χ2n) is 8.30. The molecular weight excluding hydrogens is 328 g/mol. The van der Waals surface area contributed by atoms with Crippen molar-refractivity contribution in [1.82, 2.24) is 10.2 Å². The monoisotopic (exact) mass is 356 g/mol. The normalized spacial score (nSPS) is 26.4. The Kier molecular flexibility index (Phi) is 4.32. The number of nitrogens with zero attached hydrogens (tertiary/aromatic N) is 1. The number of carbonyl (C=O) groups is 1. The zero-order valence-electron chi connectivity index (χ0n) is 15.8. The van der Waals surface area contributed by atoms with Crippen LogP contribution in [0, 0.1) is 5.92 Å². The van der Waals surface area contributed by atoms with Crippen LogP contribution < -0.4 is 10.1 Å². The number of nitrogens with one attached hydrogen (secondary N) is 1. The molecule has 5 nitrogen and oxygen atoms in total. The summed E-state index contributed by atoms with van der Waals surface area (Å²) in [5.41, 5.74) is 2.07. The number of hydrogen-bond acceptors (Lipinski definition) is 4. The molecule has 140 valence electrons. The van der Waals surface area contributed by atoms with E-state index in [-0.39, 0.29) is 24.0 Å². The van der Waals surface area contributed by atoms with Crippen molar-refractivity contribution >= 4 is 11.5 Å². The van der Waals surface area contributed by atoms with Gasteiger partial charge < -0.3 is 20.1 Å². The van der Waals surface area contributed by atoms with E-state index < -0.39 is 5.60 Å². The molecular formula is C21H28N2O3. The standard InChI is InChI=1S/C21H28N2O3/c1-21(2,25)13-7-8-18(26-14-5-4-6-14)16(11-13)17-12-23(3)20(24)19-15(17)9-10-22-19/h7-8,11-12,14-15,19,22,25H,4-6,9-10H2,1-3H3. The molecule has 1 aromatic carbocycles. The number of benzene rings is 1. The van der Waals surface area contributed by atoms with Crippen molar-refractivity contribution in [3.8, 4) is 5.75 Å². The van der Waals surface area contributed by atoms with Crippen LogP contribution in [0.5, 0.6) is 5.75 Å². The molecule has 1 aliphatic carbocycles. The first-order valence-electron chi connectivity index (χ1n) is 9.60. The van der Waals surface area contributed by atoms with Crippen LogP contribution in [0.3, 0.4) is 0 Å². The smallest absolute Gasteiger partial charge is 0.244 e. The summed E-state index contributed by atoms with van der Waals surface area (Å²) in [7, 11) is 1.81. The van der Waals surface area contributed by atoms with E-state index in [1.165, 1.54) is 6.42 Å². The van der Waals surface area contributed by atoms with Gasteiger partial charge in [0, 0.05) is 24.7 Å². The fraction of sp³-hybridized carbons (Fsp3) is 0.571. The van der Waals surface area contributed by atoms with Gasteiger partial charge in [0.2, 0.25) is 5.91 Å². The largest absolute Gasteiger partial charge is 0.490 e. The predicted molar refractivity (Wildman–Crippen MR) is 101 cm³/mol. The van der Waals surface area contributed by atoms with Crippen LogP contribution in [0.15, 0.2) is 24.4 Å². The quantitative estimate of drug-likeness (QED) is 0.871. The highest BCUT2D eigenvalue weighted by molar-refractivity contribution is 5.91. The highest BCUT2D eigenvalue weighted by atomic mass is 16.5. The Morgan fingerprint density at radius 1 is 1.27 bits per heavy atom. The van der Waals surface area contributed by atoms with Crippen molar-refractivity contribution in [1.29, 1.82) is 0 Å². The maximum atomic E-state index is 12.5. The number of hydrogen-bond donors (Lipinski definition) is 2. The van der Waals surface area contributed by atoms with Crippen molar-refractivity contribution in [2.24, 2.45) is 5.92 Å². The molecule has 1 amide bonds. The van der Waals surface area contributed by atoms with Crippen molar-refractivity contribution in [2.75, 3.05) is 13.6 Å². The number of ether oxygens (including phenoxy) is 1. The van der Waals surface area contributed by atoms with Gasteiger partial charge in [-0.2, -0.15) is 0 Å². The second kappa shape index (κ2) is 6.39. The Morgan fingerprint density at radius 3 is 2.69 bits per heavy atom. The van der Waals surface area contributed by atoms with Gasteiger partial charge in [-0.3, -0.25) is 4.79 Å². The van der Waals surface area contributed by atoms with Gasteiger partial charge >= 0.3 is 0 Å². The number of amides is 1. The summed E-state index contributed by atoms with van der Waals surface area (Å²) in [5, 5.41) is 13.8. The molecule has 0 radical (unpaired) electrons. The SMILES string of the molecule is CN1C=C(c2cc(C(C)(C)O)ccc2OC2CCC2)C2CCNC2C1=O. The first kappa shape index (κ1) is 17.6. The maximum absolute atomic E-state index is 12.5. The third-order valence-electron chi connectivity index (χ3n) is 5.91. The minimum atomic E-state index is -0.923. The van der Waals surface area contributed by atoms with Gasteiger partial charge in [-0.1, -0.05) is 6.07 Å². The lowest BCUT2D eigenvalue weighted by molar-refractivity contribution is -0.130. The third kappa shape index (κ3) is 3.03. The minimum absolute atomic E-state index is 0.122. The summed E-state index contributed by atoms with van der Waals surface area (Å²) < 4.78 is 6.27. The van der Waals surface area contributed by atoms with Gasteiger partial charge in [0.1, 0.15) is 5.75 Å². The molecule has 0 spiro atoms. The first-order valence-corrected chi connectivity index (χ1v) is 9.60. The van der Waals surface area contributed by atoms with Crippen LogP contribution in [-0.4, -0.2) is 41.7 Å². The summed E-state index contributed by atoms with van der Waals surface area (Å²) in [5.74, 6) is 1.14. The summed E-state index contributed by atoms with van der Waals surface area (Å²) in [6, 6.07) is 5.80. The van der Waals surface area contributed by atoms with Crippen LogP contribution >= 0.6 is 0 Å². The lowest BCUT2D eigenvalue weighted by Gasteiger charge is -2.34. The van der Waals surface area contributed by atoms with E-state index in [1.54, 1.807) is 18.7 Å². The van der Waals surface area contributed by atoms with Crippen molar-refractivity contribution in [3.63, 3.8) is 0 Å². The fourth-order valence-corrected chi connectivity index (χ4v) is 4.06. The molecule has 1 saturated heterocycles. The topological polar surface area (TPSA) is 61.8 Å². The average Bonchev–Trinajstić information content (AvgIpc) is 3.03. The highest BCUT2D eigenvalue weighted by Crippen LogP contribution is 2.42. The highest BCUT2D eigenvalue weighted by Gasteiger charge is 2.41. The van der Waals surface area contributed by atoms with Crippen LogP contribution in [0.4, 0.5) is 0 Å². The third-order valence-corrected chi connectivity index (χ3v) is 5.91. The molecule has 2 heterocycles. The number of fused-ring (bicyclic) bond motifs is 1. The summed E-state index contributed by atoms with van der Waals surface area (Å²) >= 11 is 0. The molecule has 2 aliphatic heterocycles. The maximum Gasteiger partial charge on any atom is 0.244 e.